The molecule has 2 heterocycles. The number of nitrogens with one attached hydrogen (secondary N) is 1. The number of carbonyl (C=O) groups excluding carboxylic acids is 1. The summed E-state index contributed by atoms with van der Waals surface area (Å²) >= 11 is 7.65. The Morgan fingerprint density at radius 3 is 2.80 bits per heavy atom. The summed E-state index contributed by atoms with van der Waals surface area (Å²) in [7, 11) is 1.50. The van der Waals surface area contributed by atoms with E-state index in [1.165, 1.54) is 7.11 Å². The maximum Gasteiger partial charge on any atom is 0.255 e. The number of benzene rings is 1. The van der Waals surface area contributed by atoms with Gasteiger partial charge in [0, 0.05) is 24.0 Å². The van der Waals surface area contributed by atoms with Gasteiger partial charge in [-0.3, -0.25) is 4.79 Å². The number of rotatable bonds is 8. The highest BCUT2D eigenvalue weighted by Crippen LogP contribution is 2.29. The second-order valence-corrected chi connectivity index (χ2v) is 8.78. The van der Waals surface area contributed by atoms with E-state index in [4.69, 9.17) is 22.1 Å². The lowest BCUT2D eigenvalue weighted by molar-refractivity contribution is 0.0926. The van der Waals surface area contributed by atoms with E-state index < -0.39 is 0 Å². The number of carbonyl (C=O) groups is 1. The highest BCUT2D eigenvalue weighted by atomic mass is 35.5. The third-order valence-corrected chi connectivity index (χ3v) is 6.71. The minimum Gasteiger partial charge on any atom is -0.496 e. The number of ether oxygens (including phenoxy) is 1. The SMILES string of the molecule is COc1cc(N)c(Cl)cc1C(=O)NCC1CCN(CCC(O)c2cccs2)CC1.Cl. The highest BCUT2D eigenvalue weighted by molar-refractivity contribution is 7.10. The summed E-state index contributed by atoms with van der Waals surface area (Å²) in [6.45, 7) is 3.47. The molecule has 0 saturated carbocycles. The number of methoxy groups -OCH3 is 1. The number of aliphatic hydroxyl groups excluding tert-OH is 1. The molecule has 1 aliphatic rings. The van der Waals surface area contributed by atoms with Gasteiger partial charge >= 0.3 is 0 Å². The van der Waals surface area contributed by atoms with Crippen molar-refractivity contribution in [3.63, 3.8) is 0 Å². The molecule has 6 nitrogen and oxygen atoms in total. The summed E-state index contributed by atoms with van der Waals surface area (Å²) < 4.78 is 5.26. The van der Waals surface area contributed by atoms with Crippen LogP contribution in [0.5, 0.6) is 5.75 Å². The zero-order valence-electron chi connectivity index (χ0n) is 17.0. The summed E-state index contributed by atoms with van der Waals surface area (Å²) in [5, 5.41) is 15.6. The van der Waals surface area contributed by atoms with Gasteiger partial charge in [0.15, 0.2) is 0 Å². The third-order valence-electron chi connectivity index (χ3n) is 5.41. The molecule has 166 valence electrons. The van der Waals surface area contributed by atoms with E-state index in [0.717, 1.165) is 43.8 Å². The van der Waals surface area contributed by atoms with Crippen LogP contribution in [-0.4, -0.2) is 49.2 Å². The molecule has 1 aromatic carbocycles. The topological polar surface area (TPSA) is 87.8 Å². The number of thiophene rings is 1. The predicted octanol–water partition coefficient (Wildman–Crippen LogP) is 3.98. The number of piperidine rings is 1. The summed E-state index contributed by atoms with van der Waals surface area (Å²) in [6, 6.07) is 7.07. The van der Waals surface area contributed by atoms with Crippen molar-refractivity contribution >= 4 is 46.9 Å². The van der Waals surface area contributed by atoms with Gasteiger partial charge in [0.05, 0.1) is 29.5 Å². The van der Waals surface area contributed by atoms with Crippen LogP contribution in [0.4, 0.5) is 5.69 Å². The van der Waals surface area contributed by atoms with Crippen molar-refractivity contribution in [2.45, 2.75) is 25.4 Å². The molecular formula is C21H29Cl2N3O3S. The maximum atomic E-state index is 12.6. The Hall–Kier alpha value is -1.51. The van der Waals surface area contributed by atoms with Gasteiger partial charge in [0.1, 0.15) is 5.75 Å². The molecule has 3 rings (SSSR count). The molecular weight excluding hydrogens is 445 g/mol. The second-order valence-electron chi connectivity index (χ2n) is 7.39. The molecule has 1 saturated heterocycles. The van der Waals surface area contributed by atoms with E-state index >= 15 is 0 Å². The quantitative estimate of drug-likeness (QED) is 0.504. The van der Waals surface area contributed by atoms with Crippen LogP contribution in [0.1, 0.15) is 40.6 Å². The van der Waals surface area contributed by atoms with Gasteiger partial charge < -0.3 is 25.8 Å². The summed E-state index contributed by atoms with van der Waals surface area (Å²) in [5.41, 5.74) is 6.56. The van der Waals surface area contributed by atoms with Crippen molar-refractivity contribution < 1.29 is 14.6 Å². The molecule has 0 radical (unpaired) electrons. The standard InChI is InChI=1S/C21H28ClN3O3S.ClH/c1-28-19-12-17(23)16(22)11-15(19)21(27)24-13-14-4-7-25(8-5-14)9-6-18(26)20-3-2-10-29-20;/h2-3,10-12,14,18,26H,4-9,13,23H2,1H3,(H,24,27);1H. The van der Waals surface area contributed by atoms with Gasteiger partial charge in [-0.2, -0.15) is 0 Å². The Morgan fingerprint density at radius 1 is 1.43 bits per heavy atom. The van der Waals surface area contributed by atoms with Crippen LogP contribution >= 0.6 is 35.3 Å². The van der Waals surface area contributed by atoms with Gasteiger partial charge in [-0.15, -0.1) is 23.7 Å². The van der Waals surface area contributed by atoms with Crippen LogP contribution in [0.25, 0.3) is 0 Å². The molecule has 4 N–H and O–H groups in total. The molecule has 0 spiro atoms. The van der Waals surface area contributed by atoms with E-state index in [-0.39, 0.29) is 24.4 Å². The van der Waals surface area contributed by atoms with Crippen LogP contribution in [0.3, 0.4) is 0 Å². The van der Waals surface area contributed by atoms with Crippen molar-refractivity contribution in [2.24, 2.45) is 5.92 Å². The average molecular weight is 474 g/mol. The van der Waals surface area contributed by atoms with E-state index in [1.807, 2.05) is 17.5 Å². The van der Waals surface area contributed by atoms with Crippen molar-refractivity contribution in [2.75, 3.05) is 39.0 Å². The molecule has 0 aliphatic carbocycles. The summed E-state index contributed by atoms with van der Waals surface area (Å²) in [6.07, 6.45) is 2.41. The lowest BCUT2D eigenvalue weighted by Crippen LogP contribution is -2.39. The molecule has 1 amide bonds. The zero-order chi connectivity index (χ0) is 20.8. The van der Waals surface area contributed by atoms with E-state index in [1.54, 1.807) is 23.5 Å². The highest BCUT2D eigenvalue weighted by Gasteiger charge is 2.22. The normalized spacial score (nSPS) is 16.0. The Bertz CT molecular complexity index is 812. The van der Waals surface area contributed by atoms with Gasteiger partial charge in [0.25, 0.3) is 5.91 Å². The molecule has 1 aromatic heterocycles. The van der Waals surface area contributed by atoms with Gasteiger partial charge in [-0.05, 0) is 55.8 Å². The smallest absolute Gasteiger partial charge is 0.255 e. The Kier molecular flexibility index (Phi) is 9.71. The van der Waals surface area contributed by atoms with Crippen LogP contribution < -0.4 is 15.8 Å². The van der Waals surface area contributed by atoms with Crippen molar-refractivity contribution in [1.82, 2.24) is 10.2 Å². The molecule has 1 fully saturated rings. The first kappa shape index (κ1) is 24.8. The van der Waals surface area contributed by atoms with Gasteiger partial charge in [0.2, 0.25) is 0 Å². The maximum absolute atomic E-state index is 12.6. The minimum atomic E-state index is -0.381. The molecule has 0 bridgehead atoms. The Labute approximate surface area is 192 Å². The Balaban J connectivity index is 0.00000320. The number of anilines is 1. The van der Waals surface area contributed by atoms with E-state index in [2.05, 4.69) is 10.2 Å². The van der Waals surface area contributed by atoms with Crippen LogP contribution in [-0.2, 0) is 0 Å². The van der Waals surface area contributed by atoms with Crippen LogP contribution in [0, 0.1) is 5.92 Å². The molecule has 9 heteroatoms. The summed E-state index contributed by atoms with van der Waals surface area (Å²) in [5.74, 6) is 0.654. The van der Waals surface area contributed by atoms with Crippen molar-refractivity contribution in [3.8, 4) is 5.75 Å². The average Bonchev–Trinajstić information content (AvgIpc) is 3.27. The number of aliphatic hydroxyl groups is 1. The van der Waals surface area contributed by atoms with Crippen molar-refractivity contribution in [3.05, 3.63) is 45.1 Å². The number of hydrogen-bond acceptors (Lipinski definition) is 6. The third kappa shape index (κ3) is 6.49. The zero-order valence-corrected chi connectivity index (χ0v) is 19.4. The fourth-order valence-corrected chi connectivity index (χ4v) is 4.50. The Morgan fingerprint density at radius 2 is 2.17 bits per heavy atom. The van der Waals surface area contributed by atoms with Gasteiger partial charge in [-0.1, -0.05) is 17.7 Å². The number of hydrogen-bond donors (Lipinski definition) is 3. The lowest BCUT2D eigenvalue weighted by Gasteiger charge is -2.32. The number of halogens is 2. The predicted molar refractivity (Wildman–Crippen MR) is 125 cm³/mol. The number of nitrogens with zero attached hydrogens (tertiary/aromatic N) is 1. The first-order valence-electron chi connectivity index (χ1n) is 9.83. The fourth-order valence-electron chi connectivity index (χ4n) is 3.59. The fraction of sp³-hybridized carbons (Fsp3) is 0.476. The number of likely N-dealkylation sites (tertiary alicyclic amines) is 1. The molecule has 1 atom stereocenters. The van der Waals surface area contributed by atoms with E-state index in [9.17, 15) is 9.90 Å². The molecule has 1 unspecified atom stereocenters. The minimum absolute atomic E-state index is 0. The first-order chi connectivity index (χ1) is 14.0. The second kappa shape index (κ2) is 11.8. The molecule has 2 aromatic rings. The van der Waals surface area contributed by atoms with Gasteiger partial charge in [-0.25, -0.2) is 0 Å². The van der Waals surface area contributed by atoms with Crippen LogP contribution in [0.15, 0.2) is 29.6 Å². The molecule has 30 heavy (non-hydrogen) atoms. The molecule has 1 aliphatic heterocycles. The number of nitrogen functional groups attached to an aromatic ring is 1. The monoisotopic (exact) mass is 473 g/mol. The summed E-state index contributed by atoms with van der Waals surface area (Å²) in [4.78, 5) is 16.0. The largest absolute Gasteiger partial charge is 0.496 e. The first-order valence-corrected chi connectivity index (χ1v) is 11.1. The number of amides is 1. The lowest BCUT2D eigenvalue weighted by atomic mass is 9.96. The van der Waals surface area contributed by atoms with E-state index in [0.29, 0.717) is 34.5 Å². The van der Waals surface area contributed by atoms with Crippen molar-refractivity contribution in [1.29, 1.82) is 0 Å². The van der Waals surface area contributed by atoms with Crippen LogP contribution in [0.2, 0.25) is 5.02 Å². The number of nitrogens with two attached hydrogens (primary N) is 1.